The molecule has 0 spiro atoms. The van der Waals surface area contributed by atoms with Crippen molar-refractivity contribution in [1.29, 1.82) is 0 Å². The second-order valence-corrected chi connectivity index (χ2v) is 5.96. The highest BCUT2D eigenvalue weighted by Crippen LogP contribution is 2.31. The van der Waals surface area contributed by atoms with Crippen LogP contribution < -0.4 is 0 Å². The Morgan fingerprint density at radius 2 is 2.00 bits per heavy atom. The molecule has 1 N–H and O–H groups in total. The molecule has 0 unspecified atom stereocenters. The number of hydrogen-bond donors (Lipinski definition) is 1. The van der Waals surface area contributed by atoms with Crippen molar-refractivity contribution >= 4 is 23.0 Å². The molecule has 3 nitrogen and oxygen atoms in total. The van der Waals surface area contributed by atoms with E-state index in [4.69, 9.17) is 16.6 Å². The third kappa shape index (κ3) is 3.09. The molecule has 2 aliphatic heterocycles. The summed E-state index contributed by atoms with van der Waals surface area (Å²) in [5.74, 6) is 1.22. The highest BCUT2D eigenvalue weighted by atomic mass is 35.5. The van der Waals surface area contributed by atoms with E-state index < -0.39 is 0 Å². The Labute approximate surface area is 135 Å². The van der Waals surface area contributed by atoms with Gasteiger partial charge in [-0.3, -0.25) is 0 Å². The molecule has 22 heavy (non-hydrogen) atoms. The molecule has 0 aromatic heterocycles. The van der Waals surface area contributed by atoms with Crippen LogP contribution in [0.2, 0.25) is 0 Å². The minimum atomic E-state index is 0.281. The fourth-order valence-corrected chi connectivity index (χ4v) is 2.86. The van der Waals surface area contributed by atoms with Crippen molar-refractivity contribution in [3.63, 3.8) is 0 Å². The lowest BCUT2D eigenvalue weighted by molar-refractivity contribution is 0.475. The van der Waals surface area contributed by atoms with E-state index in [1.165, 1.54) is 5.57 Å². The normalized spacial score (nSPS) is 17.3. The number of amidine groups is 1. The Morgan fingerprint density at radius 3 is 2.73 bits per heavy atom. The quantitative estimate of drug-likeness (QED) is 0.877. The van der Waals surface area contributed by atoms with Gasteiger partial charge >= 0.3 is 0 Å². The average Bonchev–Trinajstić information content (AvgIpc) is 2.53. The van der Waals surface area contributed by atoms with Gasteiger partial charge in [-0.25, -0.2) is 4.99 Å². The van der Waals surface area contributed by atoms with Crippen LogP contribution in [0, 0.1) is 0 Å². The van der Waals surface area contributed by atoms with E-state index in [9.17, 15) is 5.11 Å². The molecule has 114 valence electrons. The van der Waals surface area contributed by atoms with E-state index in [1.807, 2.05) is 30.5 Å². The fourth-order valence-electron chi connectivity index (χ4n) is 2.67. The highest BCUT2D eigenvalue weighted by molar-refractivity contribution is 6.32. The lowest BCUT2D eigenvalue weighted by Crippen LogP contribution is -2.31. The summed E-state index contributed by atoms with van der Waals surface area (Å²) in [6.07, 6.45) is 8.98. The molecule has 0 saturated heterocycles. The van der Waals surface area contributed by atoms with E-state index in [-0.39, 0.29) is 5.75 Å². The van der Waals surface area contributed by atoms with Crippen LogP contribution in [0.3, 0.4) is 0 Å². The third-order valence-electron chi connectivity index (χ3n) is 3.87. The number of phenols is 1. The summed E-state index contributed by atoms with van der Waals surface area (Å²) in [7, 11) is 0. The zero-order valence-electron chi connectivity index (χ0n) is 12.6. The molecule has 1 aromatic carbocycles. The van der Waals surface area contributed by atoms with Crippen LogP contribution in [0.4, 0.5) is 0 Å². The molecule has 0 radical (unpaired) electrons. The molecular weight excluding hydrogens is 296 g/mol. The SMILES string of the molecule is CCCCC1=C(c2ccc(O)cc2)CN2C=C(Cl)C=CC2=N1. The Balaban J connectivity index is 2.00. The summed E-state index contributed by atoms with van der Waals surface area (Å²) in [6.45, 7) is 2.94. The highest BCUT2D eigenvalue weighted by Gasteiger charge is 2.22. The maximum Gasteiger partial charge on any atom is 0.133 e. The molecular formula is C18H19ClN2O. The van der Waals surface area contributed by atoms with E-state index in [0.29, 0.717) is 5.03 Å². The number of benzene rings is 1. The third-order valence-corrected chi connectivity index (χ3v) is 4.10. The predicted molar refractivity (Wildman–Crippen MR) is 91.8 cm³/mol. The lowest BCUT2D eigenvalue weighted by atomic mass is 9.98. The van der Waals surface area contributed by atoms with E-state index in [2.05, 4.69) is 11.8 Å². The predicted octanol–water partition coefficient (Wildman–Crippen LogP) is 4.66. The number of unbranched alkanes of at least 4 members (excludes halogenated alkanes) is 1. The maximum atomic E-state index is 9.49. The van der Waals surface area contributed by atoms with Gasteiger partial charge < -0.3 is 10.0 Å². The molecule has 0 aliphatic carbocycles. The van der Waals surface area contributed by atoms with E-state index in [1.54, 1.807) is 12.1 Å². The molecule has 1 aromatic rings. The monoisotopic (exact) mass is 314 g/mol. The van der Waals surface area contributed by atoms with Crippen LogP contribution in [0.5, 0.6) is 5.75 Å². The van der Waals surface area contributed by atoms with Crippen LogP contribution in [-0.4, -0.2) is 22.4 Å². The average molecular weight is 315 g/mol. The zero-order chi connectivity index (χ0) is 15.5. The van der Waals surface area contributed by atoms with Crippen molar-refractivity contribution < 1.29 is 5.11 Å². The van der Waals surface area contributed by atoms with Gasteiger partial charge in [-0.2, -0.15) is 0 Å². The van der Waals surface area contributed by atoms with E-state index >= 15 is 0 Å². The Morgan fingerprint density at radius 1 is 1.23 bits per heavy atom. The fraction of sp³-hybridized carbons (Fsp3) is 0.278. The molecule has 0 atom stereocenters. The number of rotatable bonds is 4. The van der Waals surface area contributed by atoms with Gasteiger partial charge in [-0.05, 0) is 42.7 Å². The standard InChI is InChI=1S/C18H19ClN2O/c1-2-3-4-17-16(13-5-8-15(22)9-6-13)12-21-11-14(19)7-10-18(21)20-17/h5-11,22H,2-4,12H2,1H3. The van der Waals surface area contributed by atoms with Gasteiger partial charge in [0, 0.05) is 17.5 Å². The largest absolute Gasteiger partial charge is 0.508 e. The Bertz CT molecular complexity index is 684. The number of nitrogens with zero attached hydrogens (tertiary/aromatic N) is 2. The maximum absolute atomic E-state index is 9.49. The topological polar surface area (TPSA) is 35.8 Å². The smallest absolute Gasteiger partial charge is 0.133 e. The van der Waals surface area contributed by atoms with Gasteiger partial charge in [0.15, 0.2) is 0 Å². The number of hydrogen-bond acceptors (Lipinski definition) is 3. The molecule has 0 amide bonds. The van der Waals surface area contributed by atoms with Gasteiger partial charge in [-0.1, -0.05) is 37.1 Å². The number of phenolic OH excluding ortho intramolecular Hbond substituents is 1. The number of aromatic hydroxyl groups is 1. The number of allylic oxidation sites excluding steroid dienone is 3. The van der Waals surface area contributed by atoms with Crippen LogP contribution >= 0.6 is 11.6 Å². The van der Waals surface area contributed by atoms with Crippen LogP contribution in [0.25, 0.3) is 5.57 Å². The van der Waals surface area contributed by atoms with Gasteiger partial charge in [0.2, 0.25) is 0 Å². The van der Waals surface area contributed by atoms with Crippen molar-refractivity contribution in [2.45, 2.75) is 26.2 Å². The van der Waals surface area contributed by atoms with Crippen molar-refractivity contribution in [2.24, 2.45) is 4.99 Å². The summed E-state index contributed by atoms with van der Waals surface area (Å²) < 4.78 is 0. The number of fused-ring (bicyclic) bond motifs is 1. The molecule has 0 bridgehead atoms. The summed E-state index contributed by atoms with van der Waals surface area (Å²) in [6, 6.07) is 7.33. The van der Waals surface area contributed by atoms with Crippen LogP contribution in [0.1, 0.15) is 31.7 Å². The molecule has 4 heteroatoms. The minimum absolute atomic E-state index is 0.281. The minimum Gasteiger partial charge on any atom is -0.508 e. The summed E-state index contributed by atoms with van der Waals surface area (Å²) >= 11 is 6.10. The van der Waals surface area contributed by atoms with Crippen molar-refractivity contribution in [2.75, 3.05) is 6.54 Å². The first-order chi connectivity index (χ1) is 10.7. The first-order valence-electron chi connectivity index (χ1n) is 7.59. The first kappa shape index (κ1) is 14.9. The lowest BCUT2D eigenvalue weighted by Gasteiger charge is -2.30. The van der Waals surface area contributed by atoms with Crippen molar-refractivity contribution in [3.8, 4) is 5.75 Å². The first-order valence-corrected chi connectivity index (χ1v) is 7.97. The van der Waals surface area contributed by atoms with Gasteiger partial charge in [-0.15, -0.1) is 0 Å². The molecule has 0 saturated carbocycles. The Kier molecular flexibility index (Phi) is 4.34. The van der Waals surface area contributed by atoms with Crippen LogP contribution in [-0.2, 0) is 0 Å². The summed E-state index contributed by atoms with van der Waals surface area (Å²) in [4.78, 5) is 6.90. The van der Waals surface area contributed by atoms with Crippen LogP contribution in [0.15, 0.2) is 58.3 Å². The van der Waals surface area contributed by atoms with Crippen molar-refractivity contribution in [1.82, 2.24) is 4.90 Å². The zero-order valence-corrected chi connectivity index (χ0v) is 13.3. The van der Waals surface area contributed by atoms with Gasteiger partial charge in [0.25, 0.3) is 0 Å². The second-order valence-electron chi connectivity index (χ2n) is 5.52. The second kappa shape index (κ2) is 6.41. The van der Waals surface area contributed by atoms with Gasteiger partial charge in [0.05, 0.1) is 11.6 Å². The number of halogens is 1. The molecule has 2 aliphatic rings. The number of aliphatic imine (C=N–C) groups is 1. The summed E-state index contributed by atoms with van der Waals surface area (Å²) in [5.41, 5.74) is 3.44. The van der Waals surface area contributed by atoms with Crippen molar-refractivity contribution in [3.05, 3.63) is 58.9 Å². The molecule has 0 fully saturated rings. The van der Waals surface area contributed by atoms with E-state index in [0.717, 1.165) is 42.9 Å². The molecule has 2 heterocycles. The Hall–Kier alpha value is -2.00. The van der Waals surface area contributed by atoms with Gasteiger partial charge in [0.1, 0.15) is 11.6 Å². The molecule has 3 rings (SSSR count). The summed E-state index contributed by atoms with van der Waals surface area (Å²) in [5, 5.41) is 10.2.